The maximum absolute atomic E-state index is 2.55. The average molecular weight is 503 g/mol. The predicted octanol–water partition coefficient (Wildman–Crippen LogP) is 8.77. The Hall–Kier alpha value is -3.94. The minimum absolute atomic E-state index is 0.0146. The molecular formula is C37H30Si. The van der Waals surface area contributed by atoms with E-state index in [2.05, 4.69) is 136 Å². The second kappa shape index (κ2) is 7.33. The van der Waals surface area contributed by atoms with Gasteiger partial charge >= 0.3 is 0 Å². The van der Waals surface area contributed by atoms with Crippen molar-refractivity contribution in [2.24, 2.45) is 0 Å². The SMILES string of the molecule is CC1(C)c2ccccc2-c2ccc(-c3ccc4c(c3)[Si](C)(C)c3c-4c4ccccc4c4ccccc34)cc21. The van der Waals surface area contributed by atoms with E-state index in [4.69, 9.17) is 0 Å². The van der Waals surface area contributed by atoms with Gasteiger partial charge in [-0.25, -0.2) is 0 Å². The summed E-state index contributed by atoms with van der Waals surface area (Å²) in [4.78, 5) is 0. The normalized spacial score (nSPS) is 15.8. The number of hydrogen-bond acceptors (Lipinski definition) is 0. The Morgan fingerprint density at radius 2 is 1.05 bits per heavy atom. The molecular weight excluding hydrogens is 472 g/mol. The van der Waals surface area contributed by atoms with Gasteiger partial charge in [0.2, 0.25) is 0 Å². The van der Waals surface area contributed by atoms with Crippen molar-refractivity contribution in [2.45, 2.75) is 32.4 Å². The zero-order valence-electron chi connectivity index (χ0n) is 22.4. The van der Waals surface area contributed by atoms with Crippen LogP contribution in [0, 0.1) is 0 Å². The van der Waals surface area contributed by atoms with Crippen LogP contribution >= 0.6 is 0 Å². The Kier molecular flexibility index (Phi) is 4.26. The van der Waals surface area contributed by atoms with Gasteiger partial charge in [0.15, 0.2) is 0 Å². The number of hydrogen-bond donors (Lipinski definition) is 0. The fourth-order valence-electron chi connectivity index (χ4n) is 7.55. The van der Waals surface area contributed by atoms with Gasteiger partial charge in [-0.1, -0.05) is 130 Å². The molecule has 0 nitrogen and oxygen atoms in total. The molecule has 38 heavy (non-hydrogen) atoms. The molecule has 0 unspecified atom stereocenters. The van der Waals surface area contributed by atoms with Crippen LogP contribution in [0.25, 0.3) is 54.9 Å². The molecule has 1 aliphatic heterocycles. The zero-order valence-corrected chi connectivity index (χ0v) is 23.4. The maximum atomic E-state index is 2.55. The van der Waals surface area contributed by atoms with Crippen LogP contribution < -0.4 is 10.4 Å². The van der Waals surface area contributed by atoms with Gasteiger partial charge in [-0.2, -0.15) is 0 Å². The summed E-state index contributed by atoms with van der Waals surface area (Å²) in [5.41, 5.74) is 11.2. The Morgan fingerprint density at radius 1 is 0.500 bits per heavy atom. The third-order valence-electron chi connectivity index (χ3n) is 9.44. The Bertz CT molecular complexity index is 1970. The fourth-order valence-corrected chi connectivity index (χ4v) is 11.0. The first-order valence-corrected chi connectivity index (χ1v) is 16.7. The van der Waals surface area contributed by atoms with Gasteiger partial charge in [-0.05, 0) is 82.5 Å². The molecule has 182 valence electrons. The third-order valence-corrected chi connectivity index (χ3v) is 13.0. The molecule has 0 N–H and O–H groups in total. The van der Waals surface area contributed by atoms with E-state index < -0.39 is 8.07 Å². The second-order valence-electron chi connectivity index (χ2n) is 12.2. The van der Waals surface area contributed by atoms with Crippen molar-refractivity contribution in [2.75, 3.05) is 0 Å². The number of benzene rings is 6. The fraction of sp³-hybridized carbons (Fsp3) is 0.135. The van der Waals surface area contributed by atoms with E-state index in [1.165, 1.54) is 66.1 Å². The van der Waals surface area contributed by atoms with Crippen molar-refractivity contribution >= 4 is 40.0 Å². The first kappa shape index (κ1) is 22.1. The summed E-state index contributed by atoms with van der Waals surface area (Å²) in [6.45, 7) is 9.83. The van der Waals surface area contributed by atoms with Crippen LogP contribution in [0.2, 0.25) is 13.1 Å². The molecule has 0 saturated heterocycles. The number of rotatable bonds is 1. The summed E-state index contributed by atoms with van der Waals surface area (Å²) in [5, 5.41) is 8.75. The van der Waals surface area contributed by atoms with E-state index >= 15 is 0 Å². The van der Waals surface area contributed by atoms with Crippen molar-refractivity contribution < 1.29 is 0 Å². The number of fused-ring (bicyclic) bond motifs is 11. The molecule has 1 aliphatic carbocycles. The second-order valence-corrected chi connectivity index (χ2v) is 16.4. The van der Waals surface area contributed by atoms with Gasteiger partial charge in [-0.15, -0.1) is 0 Å². The first-order valence-electron chi connectivity index (χ1n) is 13.7. The van der Waals surface area contributed by atoms with Crippen LogP contribution in [0.5, 0.6) is 0 Å². The van der Waals surface area contributed by atoms with E-state index in [0.29, 0.717) is 0 Å². The predicted molar refractivity (Wildman–Crippen MR) is 167 cm³/mol. The Morgan fingerprint density at radius 3 is 1.82 bits per heavy atom. The highest BCUT2D eigenvalue weighted by atomic mass is 28.3. The van der Waals surface area contributed by atoms with Crippen molar-refractivity contribution in [1.82, 2.24) is 0 Å². The van der Waals surface area contributed by atoms with Crippen LogP contribution in [0.3, 0.4) is 0 Å². The minimum Gasteiger partial charge on any atom is -0.0619 e. The maximum Gasteiger partial charge on any atom is 0.114 e. The van der Waals surface area contributed by atoms with Gasteiger partial charge in [0, 0.05) is 5.41 Å². The van der Waals surface area contributed by atoms with Crippen molar-refractivity contribution in [1.29, 1.82) is 0 Å². The molecule has 0 atom stereocenters. The van der Waals surface area contributed by atoms with Crippen LogP contribution in [0.4, 0.5) is 0 Å². The minimum atomic E-state index is -1.93. The standard InChI is InChI=1S/C37H30Si/c1-37(2)32-16-10-9-13-27(32)28-19-17-23(21-33(28)37)24-18-20-31-34(22-24)38(3,4)36-30-15-8-6-12-26(30)25-11-5-7-14-29(25)35(31)36/h5-22H,1-4H3. The molecule has 8 rings (SSSR count). The Balaban J connectivity index is 1.35. The zero-order chi connectivity index (χ0) is 25.8. The van der Waals surface area contributed by atoms with Crippen LogP contribution in [0.15, 0.2) is 109 Å². The topological polar surface area (TPSA) is 0 Å². The first-order chi connectivity index (χ1) is 18.4. The molecule has 0 aromatic heterocycles. The summed E-state index contributed by atoms with van der Waals surface area (Å²) in [6.07, 6.45) is 0. The van der Waals surface area contributed by atoms with Gasteiger partial charge in [0.25, 0.3) is 0 Å². The molecule has 0 radical (unpaired) electrons. The largest absolute Gasteiger partial charge is 0.114 e. The van der Waals surface area contributed by atoms with Crippen LogP contribution in [-0.2, 0) is 5.41 Å². The van der Waals surface area contributed by atoms with E-state index in [1.807, 2.05) is 0 Å². The van der Waals surface area contributed by atoms with Gasteiger partial charge in [0.1, 0.15) is 8.07 Å². The van der Waals surface area contributed by atoms with Crippen LogP contribution in [-0.4, -0.2) is 8.07 Å². The highest BCUT2D eigenvalue weighted by Crippen LogP contribution is 2.49. The molecule has 0 spiro atoms. The van der Waals surface area contributed by atoms with E-state index in [9.17, 15) is 0 Å². The lowest BCUT2D eigenvalue weighted by atomic mass is 9.81. The van der Waals surface area contributed by atoms with Crippen molar-refractivity contribution in [3.8, 4) is 33.4 Å². The summed E-state index contributed by atoms with van der Waals surface area (Å²) < 4.78 is 0. The van der Waals surface area contributed by atoms with Crippen molar-refractivity contribution in [3.63, 3.8) is 0 Å². The monoisotopic (exact) mass is 502 g/mol. The lowest BCUT2D eigenvalue weighted by Crippen LogP contribution is -2.49. The smallest absolute Gasteiger partial charge is 0.0619 e. The molecule has 1 heterocycles. The van der Waals surface area contributed by atoms with Crippen LogP contribution in [0.1, 0.15) is 25.0 Å². The third kappa shape index (κ3) is 2.70. The van der Waals surface area contributed by atoms with E-state index in [1.54, 1.807) is 10.4 Å². The lowest BCUT2D eigenvalue weighted by molar-refractivity contribution is 0.660. The summed E-state index contributed by atoms with van der Waals surface area (Å²) >= 11 is 0. The summed E-state index contributed by atoms with van der Waals surface area (Å²) in [5.74, 6) is 0. The average Bonchev–Trinajstić information content (AvgIpc) is 3.33. The van der Waals surface area contributed by atoms with Crippen molar-refractivity contribution in [3.05, 3.63) is 120 Å². The molecule has 1 heteroatoms. The molecule has 6 aromatic rings. The van der Waals surface area contributed by atoms with E-state index in [-0.39, 0.29) is 5.41 Å². The Labute approximate surface area is 225 Å². The molecule has 6 aromatic carbocycles. The van der Waals surface area contributed by atoms with Gasteiger partial charge in [0.05, 0.1) is 0 Å². The quantitative estimate of drug-likeness (QED) is 0.156. The molecule has 0 bridgehead atoms. The van der Waals surface area contributed by atoms with E-state index in [0.717, 1.165) is 0 Å². The summed E-state index contributed by atoms with van der Waals surface area (Å²) in [7, 11) is -1.93. The van der Waals surface area contributed by atoms with Gasteiger partial charge in [-0.3, -0.25) is 0 Å². The molecule has 0 saturated carbocycles. The highest BCUT2D eigenvalue weighted by Gasteiger charge is 2.40. The highest BCUT2D eigenvalue weighted by molar-refractivity contribution is 7.05. The lowest BCUT2D eigenvalue weighted by Gasteiger charge is -2.23. The molecule has 2 aliphatic rings. The summed E-state index contributed by atoms with van der Waals surface area (Å²) in [6, 6.07) is 41.4. The molecule has 0 amide bonds. The van der Waals surface area contributed by atoms with Gasteiger partial charge < -0.3 is 0 Å². The molecule has 0 fully saturated rings.